The van der Waals surface area contributed by atoms with Crippen LogP contribution < -0.4 is 0 Å². The molecule has 1 aromatic carbocycles. The van der Waals surface area contributed by atoms with Crippen LogP contribution in [0.15, 0.2) is 23.1 Å². The van der Waals surface area contributed by atoms with E-state index in [2.05, 4.69) is 11.8 Å². The lowest BCUT2D eigenvalue weighted by Crippen LogP contribution is -2.34. The minimum atomic E-state index is -3.85. The van der Waals surface area contributed by atoms with Crippen molar-refractivity contribution < 1.29 is 17.9 Å². The van der Waals surface area contributed by atoms with Gasteiger partial charge < -0.3 is 5.11 Å². The van der Waals surface area contributed by atoms with E-state index in [1.54, 1.807) is 6.92 Å². The van der Waals surface area contributed by atoms with Crippen LogP contribution in [-0.4, -0.2) is 37.5 Å². The molecular formula is C15H20FNO3S. The van der Waals surface area contributed by atoms with Gasteiger partial charge >= 0.3 is 0 Å². The number of aliphatic hydroxyl groups excluding tert-OH is 1. The Morgan fingerprint density at radius 1 is 1.38 bits per heavy atom. The van der Waals surface area contributed by atoms with Crippen molar-refractivity contribution in [3.63, 3.8) is 0 Å². The highest BCUT2D eigenvalue weighted by Crippen LogP contribution is 2.21. The van der Waals surface area contributed by atoms with Crippen LogP contribution >= 0.6 is 0 Å². The van der Waals surface area contributed by atoms with Gasteiger partial charge in [-0.3, -0.25) is 0 Å². The number of hydrogen-bond acceptors (Lipinski definition) is 3. The van der Waals surface area contributed by atoms with Gasteiger partial charge in [-0.2, -0.15) is 4.31 Å². The molecule has 0 aliphatic heterocycles. The van der Waals surface area contributed by atoms with Crippen LogP contribution in [0.25, 0.3) is 0 Å². The Morgan fingerprint density at radius 2 is 2.05 bits per heavy atom. The fourth-order valence-corrected chi connectivity index (χ4v) is 3.53. The zero-order chi connectivity index (χ0) is 16.0. The van der Waals surface area contributed by atoms with Crippen molar-refractivity contribution in [1.29, 1.82) is 0 Å². The summed E-state index contributed by atoms with van der Waals surface area (Å²) in [6, 6.07) is 3.72. The van der Waals surface area contributed by atoms with Gasteiger partial charge in [0.25, 0.3) is 0 Å². The molecular weight excluding hydrogens is 293 g/mol. The van der Waals surface area contributed by atoms with Crippen molar-refractivity contribution >= 4 is 10.0 Å². The summed E-state index contributed by atoms with van der Waals surface area (Å²) < 4.78 is 40.2. The van der Waals surface area contributed by atoms with Crippen LogP contribution in [0.4, 0.5) is 4.39 Å². The number of nitrogens with zero attached hydrogens (tertiary/aromatic N) is 1. The van der Waals surface area contributed by atoms with E-state index in [1.165, 1.54) is 16.4 Å². The average Bonchev–Trinajstić information content (AvgIpc) is 2.41. The molecule has 116 valence electrons. The number of halogens is 1. The molecule has 0 fully saturated rings. The van der Waals surface area contributed by atoms with Gasteiger partial charge in [0.1, 0.15) is 17.3 Å². The second-order valence-corrected chi connectivity index (χ2v) is 6.86. The lowest BCUT2D eigenvalue weighted by atomic mass is 10.2. The highest BCUT2D eigenvalue weighted by atomic mass is 32.2. The molecule has 0 radical (unpaired) electrons. The molecule has 0 saturated heterocycles. The van der Waals surface area contributed by atoms with Gasteiger partial charge in [0.05, 0.1) is 0 Å². The quantitative estimate of drug-likeness (QED) is 0.844. The maximum absolute atomic E-state index is 14.1. The molecule has 0 saturated carbocycles. The van der Waals surface area contributed by atoms with E-state index in [4.69, 9.17) is 5.11 Å². The topological polar surface area (TPSA) is 57.6 Å². The summed E-state index contributed by atoms with van der Waals surface area (Å²) in [5.41, 5.74) is 0.326. The lowest BCUT2D eigenvalue weighted by molar-refractivity contribution is 0.350. The predicted molar refractivity (Wildman–Crippen MR) is 79.6 cm³/mol. The van der Waals surface area contributed by atoms with Crippen molar-refractivity contribution in [3.8, 4) is 11.8 Å². The van der Waals surface area contributed by atoms with Gasteiger partial charge in [0, 0.05) is 18.7 Å². The Hall–Kier alpha value is -1.42. The molecule has 1 rings (SSSR count). The molecule has 0 bridgehead atoms. The summed E-state index contributed by atoms with van der Waals surface area (Å²) in [6.45, 7) is 5.82. The maximum atomic E-state index is 14.1. The van der Waals surface area contributed by atoms with Gasteiger partial charge in [0.15, 0.2) is 0 Å². The highest BCUT2D eigenvalue weighted by Gasteiger charge is 2.26. The summed E-state index contributed by atoms with van der Waals surface area (Å²) >= 11 is 0. The van der Waals surface area contributed by atoms with Gasteiger partial charge in [-0.1, -0.05) is 32.6 Å². The molecule has 0 atom stereocenters. The number of aliphatic hydroxyl groups is 1. The highest BCUT2D eigenvalue weighted by molar-refractivity contribution is 7.89. The van der Waals surface area contributed by atoms with E-state index < -0.39 is 15.8 Å². The normalized spacial score (nSPS) is 11.6. The second kappa shape index (κ2) is 7.55. The van der Waals surface area contributed by atoms with Crippen LogP contribution in [0.1, 0.15) is 26.3 Å². The first-order valence-corrected chi connectivity index (χ1v) is 8.16. The van der Waals surface area contributed by atoms with E-state index in [0.29, 0.717) is 12.1 Å². The minimum absolute atomic E-state index is 0.150. The zero-order valence-corrected chi connectivity index (χ0v) is 13.2. The van der Waals surface area contributed by atoms with E-state index in [-0.39, 0.29) is 24.0 Å². The largest absolute Gasteiger partial charge is 0.384 e. The third-order valence-corrected chi connectivity index (χ3v) is 4.76. The number of hydrogen-bond donors (Lipinski definition) is 1. The first-order chi connectivity index (χ1) is 9.82. The fourth-order valence-electron chi connectivity index (χ4n) is 1.87. The predicted octanol–water partition coefficient (Wildman–Crippen LogP) is 1.84. The summed E-state index contributed by atoms with van der Waals surface area (Å²) in [5.74, 6) is 4.25. The first-order valence-electron chi connectivity index (χ1n) is 6.72. The first kappa shape index (κ1) is 17.6. The summed E-state index contributed by atoms with van der Waals surface area (Å²) in [4.78, 5) is -0.348. The van der Waals surface area contributed by atoms with E-state index in [1.807, 2.05) is 13.8 Å². The molecule has 6 heteroatoms. The molecule has 0 unspecified atom stereocenters. The van der Waals surface area contributed by atoms with Gasteiger partial charge in [-0.25, -0.2) is 12.8 Å². The number of sulfonamides is 1. The smallest absolute Gasteiger partial charge is 0.245 e. The van der Waals surface area contributed by atoms with Crippen molar-refractivity contribution in [2.75, 3.05) is 19.7 Å². The van der Waals surface area contributed by atoms with Crippen molar-refractivity contribution in [3.05, 3.63) is 29.6 Å². The van der Waals surface area contributed by atoms with Crippen molar-refractivity contribution in [2.24, 2.45) is 5.92 Å². The maximum Gasteiger partial charge on any atom is 0.245 e. The monoisotopic (exact) mass is 313 g/mol. The zero-order valence-electron chi connectivity index (χ0n) is 12.4. The van der Waals surface area contributed by atoms with Gasteiger partial charge in [-0.05, 0) is 24.1 Å². The number of rotatable bonds is 5. The van der Waals surface area contributed by atoms with Crippen LogP contribution in [0.3, 0.4) is 0 Å². The Balaban J connectivity index is 3.19. The summed E-state index contributed by atoms with van der Waals surface area (Å²) in [7, 11) is -3.85. The van der Waals surface area contributed by atoms with Gasteiger partial charge in [0.2, 0.25) is 10.0 Å². The SMILES string of the molecule is CCN(CC(C)C)S(=O)(=O)c1ccc(C#CCO)cc1F. The molecule has 0 heterocycles. The third-order valence-electron chi connectivity index (χ3n) is 2.78. The Labute approximate surface area is 125 Å². The molecule has 1 aromatic rings. The standard InChI is InChI=1S/C15H20FNO3S/c1-4-17(11-12(2)3)21(19,20)15-8-7-13(6-5-9-18)10-14(15)16/h7-8,10,12,18H,4,9,11H2,1-3H3. The van der Waals surface area contributed by atoms with Gasteiger partial charge in [-0.15, -0.1) is 0 Å². The average molecular weight is 313 g/mol. The molecule has 0 spiro atoms. The van der Waals surface area contributed by atoms with Crippen LogP contribution in [-0.2, 0) is 10.0 Å². The summed E-state index contributed by atoms with van der Waals surface area (Å²) in [6.07, 6.45) is 0. The van der Waals surface area contributed by atoms with E-state index in [0.717, 1.165) is 6.07 Å². The minimum Gasteiger partial charge on any atom is -0.384 e. The van der Waals surface area contributed by atoms with Crippen LogP contribution in [0, 0.1) is 23.6 Å². The van der Waals surface area contributed by atoms with Crippen LogP contribution in [0.2, 0.25) is 0 Å². The second-order valence-electron chi connectivity index (χ2n) is 4.95. The molecule has 1 N–H and O–H groups in total. The van der Waals surface area contributed by atoms with E-state index >= 15 is 0 Å². The molecule has 4 nitrogen and oxygen atoms in total. The van der Waals surface area contributed by atoms with E-state index in [9.17, 15) is 12.8 Å². The molecule has 0 aliphatic rings. The van der Waals surface area contributed by atoms with Crippen molar-refractivity contribution in [1.82, 2.24) is 4.31 Å². The lowest BCUT2D eigenvalue weighted by Gasteiger charge is -2.22. The Kier molecular flexibility index (Phi) is 6.34. The van der Waals surface area contributed by atoms with Crippen LogP contribution in [0.5, 0.6) is 0 Å². The summed E-state index contributed by atoms with van der Waals surface area (Å²) in [5, 5.41) is 8.60. The number of benzene rings is 1. The Bertz CT molecular complexity index is 645. The fraction of sp³-hybridized carbons (Fsp3) is 0.467. The Morgan fingerprint density at radius 3 is 2.52 bits per heavy atom. The molecule has 21 heavy (non-hydrogen) atoms. The molecule has 0 amide bonds. The molecule has 0 aliphatic carbocycles. The van der Waals surface area contributed by atoms with Crippen molar-refractivity contribution in [2.45, 2.75) is 25.7 Å². The molecule has 0 aromatic heterocycles. The third kappa shape index (κ3) is 4.53.